The maximum absolute atomic E-state index is 11.9. The first-order chi connectivity index (χ1) is 15.1. The number of phosphoric ester groups is 1. The zero-order valence-electron chi connectivity index (χ0n) is 16.3. The third kappa shape index (κ3) is 6.30. The topological polar surface area (TPSA) is 271 Å². The van der Waals surface area contributed by atoms with E-state index in [-0.39, 0.29) is 21.8 Å². The lowest BCUT2D eigenvalue weighted by atomic mass is 10.1. The van der Waals surface area contributed by atoms with E-state index in [2.05, 4.69) is 28.1 Å². The summed E-state index contributed by atoms with van der Waals surface area (Å²) < 4.78 is 58.1. The van der Waals surface area contributed by atoms with Crippen molar-refractivity contribution in [1.82, 2.24) is 19.5 Å². The van der Waals surface area contributed by atoms with Crippen LogP contribution in [0.5, 0.6) is 0 Å². The molecule has 0 amide bonds. The Bertz CT molecular complexity index is 1230. The van der Waals surface area contributed by atoms with Crippen molar-refractivity contribution in [3.63, 3.8) is 0 Å². The Hall–Kier alpha value is -1.14. The molecule has 2 aromatic heterocycles. The molecule has 2 aromatic rings. The number of aliphatic hydroxyl groups excluding tert-OH is 1. The smallest absolute Gasteiger partial charge is 0.386 e. The first kappa shape index (κ1) is 26.5. The lowest BCUT2D eigenvalue weighted by molar-refractivity contribution is -0.0526. The summed E-state index contributed by atoms with van der Waals surface area (Å²) in [4.78, 5) is 46.7. The van der Waals surface area contributed by atoms with Crippen LogP contribution in [-0.4, -0.2) is 76.2 Å². The van der Waals surface area contributed by atoms with Crippen molar-refractivity contribution >= 4 is 52.8 Å². The zero-order valence-corrected chi connectivity index (χ0v) is 19.8. The third-order valence-corrected chi connectivity index (χ3v) is 8.22. The van der Waals surface area contributed by atoms with Gasteiger partial charge in [0.2, 0.25) is 5.95 Å². The molecular weight excluding hydrogens is 535 g/mol. The molecule has 1 aliphatic heterocycles. The third-order valence-electron chi connectivity index (χ3n) is 4.12. The number of aromatic amines is 1. The maximum Gasteiger partial charge on any atom is 0.490 e. The number of nitrogens with zero attached hydrogens (tertiary/aromatic N) is 3. The molecule has 6 atom stereocenters. The minimum Gasteiger partial charge on any atom is -0.386 e. The van der Waals surface area contributed by atoms with E-state index in [1.807, 2.05) is 0 Å². The summed E-state index contributed by atoms with van der Waals surface area (Å²) in [7, 11) is -15.4. The molecule has 22 heteroatoms. The normalized spacial score (nSPS) is 27.5. The summed E-state index contributed by atoms with van der Waals surface area (Å²) in [5, 5.41) is 10.6. The number of phosphoric acid groups is 3. The number of imidazole rings is 1. The minimum absolute atomic E-state index is 0.0331. The average Bonchev–Trinajstić information content (AvgIpc) is 3.17. The summed E-state index contributed by atoms with van der Waals surface area (Å²) >= 11 is 5.11. The van der Waals surface area contributed by atoms with Crippen molar-refractivity contribution in [1.29, 1.82) is 0 Å². The highest BCUT2D eigenvalue weighted by Crippen LogP contribution is 2.66. The summed E-state index contributed by atoms with van der Waals surface area (Å²) in [5.74, 6) is -0.0331. The fourth-order valence-corrected chi connectivity index (χ4v) is 6.25. The number of ether oxygens (including phenoxy) is 2. The highest BCUT2D eigenvalue weighted by Gasteiger charge is 2.47. The maximum atomic E-state index is 11.9. The van der Waals surface area contributed by atoms with Crippen LogP contribution in [0, 0.1) is 4.64 Å². The predicted octanol–water partition coefficient (Wildman–Crippen LogP) is -0.312. The summed E-state index contributed by atoms with van der Waals surface area (Å²) in [6.07, 6.45) is -3.71. The molecule has 8 N–H and O–H groups in total. The van der Waals surface area contributed by atoms with Crippen molar-refractivity contribution < 1.29 is 61.0 Å². The first-order valence-electron chi connectivity index (χ1n) is 8.49. The van der Waals surface area contributed by atoms with E-state index in [1.165, 1.54) is 18.0 Å². The Morgan fingerprint density at radius 2 is 1.91 bits per heavy atom. The van der Waals surface area contributed by atoms with Crippen LogP contribution in [0.15, 0.2) is 6.33 Å². The lowest BCUT2D eigenvalue weighted by Gasteiger charge is -2.20. The highest BCUT2D eigenvalue weighted by molar-refractivity contribution is 7.71. The molecule has 0 spiro atoms. The van der Waals surface area contributed by atoms with Crippen LogP contribution in [-0.2, 0) is 36.3 Å². The van der Waals surface area contributed by atoms with Gasteiger partial charge in [0.1, 0.15) is 28.5 Å². The number of rotatable bonds is 9. The number of nitrogens with one attached hydrogen (secondary N) is 1. The molecule has 0 saturated carbocycles. The van der Waals surface area contributed by atoms with Crippen LogP contribution < -0.4 is 5.73 Å². The van der Waals surface area contributed by atoms with Crippen LogP contribution in [0.4, 0.5) is 5.95 Å². The lowest BCUT2D eigenvalue weighted by Crippen LogP contribution is -2.35. The Morgan fingerprint density at radius 3 is 2.52 bits per heavy atom. The molecule has 3 rings (SSSR count). The van der Waals surface area contributed by atoms with Gasteiger partial charge in [-0.25, -0.2) is 18.7 Å². The molecule has 0 bridgehead atoms. The Labute approximate surface area is 188 Å². The number of nitrogen functional groups attached to an aromatic ring is 1. The fourth-order valence-electron chi connectivity index (χ4n) is 2.97. The van der Waals surface area contributed by atoms with Crippen LogP contribution in [0.2, 0.25) is 0 Å². The molecule has 1 aliphatic rings. The standard InChI is InChI=1S/C11H18N5O13P3S/c1-25-7-4(2-26-31(21,22)29-32(23,24)28-30(18,19)20)27-10(6(7)17)16-3-13-5-8(16)14-11(12)15-9(5)33/h3-4,6-7,10,17H,2H2,1H3,(H,21,22)(H,23,24)(H2,18,19,20)(H3,12,14,15,33)/t4-,6+,7+,10-/m1/s1. The summed E-state index contributed by atoms with van der Waals surface area (Å²) in [6.45, 7) is -0.835. The zero-order chi connectivity index (χ0) is 24.8. The number of fused-ring (bicyclic) bond motifs is 1. The Balaban J connectivity index is 1.76. The van der Waals surface area contributed by atoms with Gasteiger partial charge in [-0.1, -0.05) is 12.2 Å². The fraction of sp³-hybridized carbons (Fsp3) is 0.545. The molecular formula is C11H18N5O13P3S. The number of hydrogen-bond donors (Lipinski definition) is 7. The second-order valence-corrected chi connectivity index (χ2v) is 11.2. The Kier molecular flexibility index (Phi) is 7.61. The second-order valence-electron chi connectivity index (χ2n) is 6.42. The summed E-state index contributed by atoms with van der Waals surface area (Å²) in [6, 6.07) is 0. The van der Waals surface area contributed by atoms with Gasteiger partial charge in [0.05, 0.1) is 12.9 Å². The molecule has 0 aliphatic carbocycles. The van der Waals surface area contributed by atoms with Gasteiger partial charge in [-0.3, -0.25) is 9.09 Å². The van der Waals surface area contributed by atoms with E-state index < -0.39 is 54.6 Å². The number of aliphatic hydroxyl groups is 1. The van der Waals surface area contributed by atoms with E-state index in [4.69, 9.17) is 37.2 Å². The number of hydrogen-bond acceptors (Lipinski definition) is 13. The monoisotopic (exact) mass is 553 g/mol. The molecule has 3 heterocycles. The van der Waals surface area contributed by atoms with Crippen molar-refractivity contribution in [3.8, 4) is 0 Å². The second kappa shape index (κ2) is 9.49. The largest absolute Gasteiger partial charge is 0.490 e. The van der Waals surface area contributed by atoms with Crippen molar-refractivity contribution in [3.05, 3.63) is 11.0 Å². The summed E-state index contributed by atoms with van der Waals surface area (Å²) in [5.41, 5.74) is 6.06. The van der Waals surface area contributed by atoms with E-state index in [9.17, 15) is 28.6 Å². The first-order valence-corrected chi connectivity index (χ1v) is 13.4. The molecule has 2 unspecified atom stereocenters. The number of anilines is 1. The van der Waals surface area contributed by atoms with Gasteiger partial charge in [-0.2, -0.15) is 13.6 Å². The molecule has 186 valence electrons. The minimum atomic E-state index is -5.69. The quantitative estimate of drug-likeness (QED) is 0.155. The van der Waals surface area contributed by atoms with E-state index >= 15 is 0 Å². The molecule has 1 saturated heterocycles. The molecule has 0 aromatic carbocycles. The number of nitrogens with two attached hydrogens (primary N) is 1. The van der Waals surface area contributed by atoms with Gasteiger partial charge in [-0.15, -0.1) is 0 Å². The van der Waals surface area contributed by atoms with Gasteiger partial charge in [-0.05, 0) is 0 Å². The van der Waals surface area contributed by atoms with E-state index in [0.717, 1.165) is 0 Å². The van der Waals surface area contributed by atoms with Crippen LogP contribution in [0.1, 0.15) is 6.23 Å². The van der Waals surface area contributed by atoms with Gasteiger partial charge >= 0.3 is 23.5 Å². The molecule has 18 nitrogen and oxygen atoms in total. The number of methoxy groups -OCH3 is 1. The number of aromatic nitrogens is 4. The molecule has 1 fully saturated rings. The SMILES string of the molecule is CO[C@@H]1[C@H](O)[C@H](n2cnc3c(=S)[nH]c(N)nc32)O[C@@H]1COP(=O)(O)OP(=O)(O)OP(=O)(O)O. The van der Waals surface area contributed by atoms with E-state index in [1.54, 1.807) is 0 Å². The highest BCUT2D eigenvalue weighted by atomic mass is 32.1. The van der Waals surface area contributed by atoms with Crippen LogP contribution in [0.25, 0.3) is 11.2 Å². The Morgan fingerprint density at radius 1 is 1.24 bits per heavy atom. The predicted molar refractivity (Wildman–Crippen MR) is 108 cm³/mol. The molecule has 0 radical (unpaired) electrons. The van der Waals surface area contributed by atoms with Crippen molar-refractivity contribution in [2.75, 3.05) is 19.5 Å². The van der Waals surface area contributed by atoms with Gasteiger partial charge in [0.25, 0.3) is 0 Å². The number of H-pyrrole nitrogens is 1. The van der Waals surface area contributed by atoms with Gasteiger partial charge in [0.15, 0.2) is 11.9 Å². The van der Waals surface area contributed by atoms with Crippen LogP contribution in [0.3, 0.4) is 0 Å². The van der Waals surface area contributed by atoms with Crippen molar-refractivity contribution in [2.45, 2.75) is 24.5 Å². The van der Waals surface area contributed by atoms with E-state index in [0.29, 0.717) is 0 Å². The average molecular weight is 553 g/mol. The van der Waals surface area contributed by atoms with Gasteiger partial charge < -0.3 is 44.9 Å². The molecule has 33 heavy (non-hydrogen) atoms. The van der Waals surface area contributed by atoms with Crippen molar-refractivity contribution in [2.24, 2.45) is 0 Å². The van der Waals surface area contributed by atoms with Crippen LogP contribution >= 0.6 is 35.7 Å². The van der Waals surface area contributed by atoms with Gasteiger partial charge in [0, 0.05) is 7.11 Å².